The topological polar surface area (TPSA) is 97.3 Å². The molecule has 4 atom stereocenters. The number of halogens is 1. The molecule has 0 spiro atoms. The van der Waals surface area contributed by atoms with Crippen LogP contribution in [0.5, 0.6) is 0 Å². The van der Waals surface area contributed by atoms with Crippen LogP contribution in [0.2, 0.25) is 5.02 Å². The molecular formula is C21H22ClN5O3. The van der Waals surface area contributed by atoms with Gasteiger partial charge in [-0.15, -0.1) is 0 Å². The Morgan fingerprint density at radius 2 is 1.97 bits per heavy atom. The van der Waals surface area contributed by atoms with Crippen molar-refractivity contribution >= 4 is 34.0 Å². The number of nitro groups is 1. The second-order valence-corrected chi connectivity index (χ2v) is 8.69. The van der Waals surface area contributed by atoms with Crippen LogP contribution in [0.15, 0.2) is 41.0 Å². The summed E-state index contributed by atoms with van der Waals surface area (Å²) in [5, 5.41) is 23.1. The molecule has 30 heavy (non-hydrogen) atoms. The molecule has 5 rings (SSSR count). The standard InChI is InChI=1S/C21H22ClN5O3/c1-26-14-6-8-18(26)16(15(10-14)12-2-4-13(22)5-3-12)11-23-17-7-9-19(27(28)29)21-20(17)24-30-25-21/h2-5,7,9,14-16,18,23H,6,8,10-11H2,1H3/t14-,15-,16?,18?/m1/s1. The summed E-state index contributed by atoms with van der Waals surface area (Å²) in [6.07, 6.45) is 3.51. The number of non-ortho nitro benzene ring substituents is 1. The van der Waals surface area contributed by atoms with Gasteiger partial charge in [-0.3, -0.25) is 10.1 Å². The average molecular weight is 428 g/mol. The Hall–Kier alpha value is -2.71. The largest absolute Gasteiger partial charge is 0.383 e. The lowest BCUT2D eigenvalue weighted by atomic mass is 9.76. The zero-order chi connectivity index (χ0) is 20.8. The van der Waals surface area contributed by atoms with Crippen molar-refractivity contribution in [1.29, 1.82) is 0 Å². The molecule has 2 fully saturated rings. The minimum atomic E-state index is -0.471. The first-order chi connectivity index (χ1) is 14.5. The van der Waals surface area contributed by atoms with Gasteiger partial charge in [0.25, 0.3) is 0 Å². The van der Waals surface area contributed by atoms with Crippen LogP contribution in [0, 0.1) is 16.0 Å². The molecule has 0 radical (unpaired) electrons. The summed E-state index contributed by atoms with van der Waals surface area (Å²) in [4.78, 5) is 13.3. The van der Waals surface area contributed by atoms with E-state index in [9.17, 15) is 10.1 Å². The second kappa shape index (κ2) is 7.52. The molecule has 2 unspecified atom stereocenters. The quantitative estimate of drug-likeness (QED) is 0.474. The van der Waals surface area contributed by atoms with Gasteiger partial charge in [-0.05, 0) is 72.2 Å². The van der Waals surface area contributed by atoms with E-state index in [0.717, 1.165) is 18.0 Å². The Morgan fingerprint density at radius 3 is 2.73 bits per heavy atom. The van der Waals surface area contributed by atoms with Crippen LogP contribution in [-0.4, -0.2) is 45.8 Å². The van der Waals surface area contributed by atoms with E-state index in [1.165, 1.54) is 24.5 Å². The van der Waals surface area contributed by atoms with Crippen molar-refractivity contribution in [3.05, 3.63) is 57.1 Å². The van der Waals surface area contributed by atoms with E-state index in [1.54, 1.807) is 6.07 Å². The van der Waals surface area contributed by atoms with Crippen LogP contribution in [0.25, 0.3) is 11.0 Å². The summed E-state index contributed by atoms with van der Waals surface area (Å²) in [5.41, 5.74) is 2.47. The predicted octanol–water partition coefficient (Wildman–Crippen LogP) is 4.46. The first-order valence-electron chi connectivity index (χ1n) is 10.1. The van der Waals surface area contributed by atoms with Gasteiger partial charge < -0.3 is 10.2 Å². The van der Waals surface area contributed by atoms with Gasteiger partial charge in [0.05, 0.1) is 10.6 Å². The number of piperidine rings is 1. The molecule has 3 heterocycles. The normalized spacial score (nSPS) is 26.2. The Kier molecular flexibility index (Phi) is 4.83. The summed E-state index contributed by atoms with van der Waals surface area (Å²) >= 11 is 6.11. The van der Waals surface area contributed by atoms with Gasteiger partial charge in [0.15, 0.2) is 5.52 Å². The summed E-state index contributed by atoms with van der Waals surface area (Å²) < 4.78 is 4.79. The van der Waals surface area contributed by atoms with Crippen molar-refractivity contribution < 1.29 is 9.55 Å². The maximum absolute atomic E-state index is 11.2. The van der Waals surface area contributed by atoms with E-state index in [-0.39, 0.29) is 11.2 Å². The molecule has 1 N–H and O–H groups in total. The number of nitrogens with one attached hydrogen (secondary N) is 1. The number of rotatable bonds is 5. The maximum Gasteiger partial charge on any atom is 0.300 e. The van der Waals surface area contributed by atoms with Crippen molar-refractivity contribution in [3.63, 3.8) is 0 Å². The summed E-state index contributed by atoms with van der Waals surface area (Å²) in [6, 6.07) is 12.4. The summed E-state index contributed by atoms with van der Waals surface area (Å²) in [5.74, 6) is 0.812. The number of nitrogens with zero attached hydrogens (tertiary/aromatic N) is 4. The highest BCUT2D eigenvalue weighted by Crippen LogP contribution is 2.46. The fourth-order valence-corrected chi connectivity index (χ4v) is 5.45. The van der Waals surface area contributed by atoms with E-state index in [1.807, 2.05) is 12.1 Å². The molecule has 2 saturated heterocycles. The van der Waals surface area contributed by atoms with Gasteiger partial charge in [0.1, 0.15) is 0 Å². The molecule has 0 amide bonds. The number of hydrogen-bond acceptors (Lipinski definition) is 7. The number of hydrogen-bond donors (Lipinski definition) is 1. The molecular weight excluding hydrogens is 406 g/mol. The van der Waals surface area contributed by atoms with Crippen molar-refractivity contribution in [2.24, 2.45) is 5.92 Å². The molecule has 0 aliphatic carbocycles. The predicted molar refractivity (Wildman–Crippen MR) is 114 cm³/mol. The van der Waals surface area contributed by atoms with Gasteiger partial charge >= 0.3 is 5.69 Å². The van der Waals surface area contributed by atoms with E-state index in [2.05, 4.69) is 39.7 Å². The number of benzene rings is 2. The van der Waals surface area contributed by atoms with Gasteiger partial charge in [-0.1, -0.05) is 23.7 Å². The zero-order valence-corrected chi connectivity index (χ0v) is 17.2. The lowest BCUT2D eigenvalue weighted by molar-refractivity contribution is -0.383. The third-order valence-electron chi connectivity index (χ3n) is 6.85. The molecule has 2 aliphatic rings. The third-order valence-corrected chi connectivity index (χ3v) is 7.10. The lowest BCUT2D eigenvalue weighted by Crippen LogP contribution is -2.48. The average Bonchev–Trinajstić information content (AvgIpc) is 3.30. The first kappa shape index (κ1) is 19.3. The van der Waals surface area contributed by atoms with Crippen LogP contribution < -0.4 is 5.32 Å². The highest BCUT2D eigenvalue weighted by molar-refractivity contribution is 6.30. The Bertz CT molecular complexity index is 1090. The van der Waals surface area contributed by atoms with Crippen LogP contribution in [-0.2, 0) is 0 Å². The van der Waals surface area contributed by atoms with Gasteiger partial charge in [-0.25, -0.2) is 4.63 Å². The SMILES string of the molecule is CN1C2CC[C@@H]1C[C@H](c1ccc(Cl)cc1)C2CNc1ccc([N+](=O)[O-])c2nonc12. The Morgan fingerprint density at radius 1 is 1.20 bits per heavy atom. The second-order valence-electron chi connectivity index (χ2n) is 8.25. The van der Waals surface area contributed by atoms with Gasteiger partial charge in [0.2, 0.25) is 5.52 Å². The van der Waals surface area contributed by atoms with E-state index < -0.39 is 4.92 Å². The van der Waals surface area contributed by atoms with E-state index in [0.29, 0.717) is 35.1 Å². The summed E-state index contributed by atoms with van der Waals surface area (Å²) in [7, 11) is 2.22. The molecule has 2 bridgehead atoms. The number of anilines is 1. The van der Waals surface area contributed by atoms with Gasteiger partial charge in [-0.2, -0.15) is 0 Å². The molecule has 2 aliphatic heterocycles. The third kappa shape index (κ3) is 3.20. The molecule has 0 saturated carbocycles. The fraction of sp³-hybridized carbons (Fsp3) is 0.429. The Labute approximate surface area is 178 Å². The smallest absolute Gasteiger partial charge is 0.300 e. The molecule has 3 aromatic rings. The van der Waals surface area contributed by atoms with Crippen LogP contribution in [0.4, 0.5) is 11.4 Å². The van der Waals surface area contributed by atoms with E-state index in [4.69, 9.17) is 16.2 Å². The van der Waals surface area contributed by atoms with Crippen molar-refractivity contribution in [1.82, 2.24) is 15.2 Å². The maximum atomic E-state index is 11.2. The Balaban J connectivity index is 1.44. The van der Waals surface area contributed by atoms with Gasteiger partial charge in [0, 0.05) is 29.7 Å². The number of nitro benzene ring substituents is 1. The van der Waals surface area contributed by atoms with Crippen LogP contribution in [0.3, 0.4) is 0 Å². The van der Waals surface area contributed by atoms with Crippen molar-refractivity contribution in [3.8, 4) is 0 Å². The van der Waals surface area contributed by atoms with Crippen LogP contribution >= 0.6 is 11.6 Å². The molecule has 1 aromatic heterocycles. The van der Waals surface area contributed by atoms with Crippen molar-refractivity contribution in [2.75, 3.05) is 18.9 Å². The fourth-order valence-electron chi connectivity index (χ4n) is 5.32. The highest BCUT2D eigenvalue weighted by Gasteiger charge is 2.45. The highest BCUT2D eigenvalue weighted by atomic mass is 35.5. The monoisotopic (exact) mass is 427 g/mol. The number of aromatic nitrogens is 2. The molecule has 8 nitrogen and oxygen atoms in total. The number of fused-ring (bicyclic) bond motifs is 3. The molecule has 156 valence electrons. The molecule has 2 aromatic carbocycles. The minimum Gasteiger partial charge on any atom is -0.383 e. The van der Waals surface area contributed by atoms with Crippen LogP contribution in [0.1, 0.15) is 30.7 Å². The first-order valence-corrected chi connectivity index (χ1v) is 10.5. The summed E-state index contributed by atoms with van der Waals surface area (Å²) in [6.45, 7) is 0.731. The zero-order valence-electron chi connectivity index (χ0n) is 16.5. The van der Waals surface area contributed by atoms with E-state index >= 15 is 0 Å². The minimum absolute atomic E-state index is 0.105. The lowest BCUT2D eigenvalue weighted by Gasteiger charge is -2.43. The van der Waals surface area contributed by atoms with Crippen molar-refractivity contribution in [2.45, 2.75) is 37.3 Å². The molecule has 9 heteroatoms.